The minimum Gasteiger partial charge on any atom is -0.478 e. The molecule has 1 aromatic carbocycles. The van der Waals surface area contributed by atoms with Gasteiger partial charge in [-0.25, -0.2) is 14.2 Å². The van der Waals surface area contributed by atoms with Gasteiger partial charge in [-0.05, 0) is 12.1 Å². The number of halogens is 1. The molecule has 0 fully saturated rings. The highest BCUT2D eigenvalue weighted by atomic mass is 19.1. The predicted molar refractivity (Wildman–Crippen MR) is 68.8 cm³/mol. The van der Waals surface area contributed by atoms with E-state index >= 15 is 0 Å². The van der Waals surface area contributed by atoms with Gasteiger partial charge in [0, 0.05) is 25.4 Å². The first-order valence-corrected chi connectivity index (χ1v) is 5.85. The molecule has 0 atom stereocenters. The standard InChI is InChI=1S/C13H12FN3O3/c14-10-3-1-2-9(13(19)20)12(10)16-11(18)4-6-17-7-5-15-8-17/h1-3,5,7-8H,4,6H2,(H,16,18)(H,19,20). The van der Waals surface area contributed by atoms with Crippen molar-refractivity contribution in [3.05, 3.63) is 48.3 Å². The van der Waals surface area contributed by atoms with Gasteiger partial charge in [0.2, 0.25) is 5.91 Å². The summed E-state index contributed by atoms with van der Waals surface area (Å²) in [5.41, 5.74) is -0.586. The number of para-hydroxylation sites is 1. The van der Waals surface area contributed by atoms with Crippen LogP contribution in [0.2, 0.25) is 0 Å². The summed E-state index contributed by atoms with van der Waals surface area (Å²) in [6, 6.07) is 3.61. The number of aromatic carboxylic acids is 1. The van der Waals surface area contributed by atoms with Gasteiger partial charge in [-0.3, -0.25) is 4.79 Å². The minimum absolute atomic E-state index is 0.0871. The van der Waals surface area contributed by atoms with Gasteiger partial charge >= 0.3 is 5.97 Å². The lowest BCUT2D eigenvalue weighted by Gasteiger charge is -2.09. The zero-order valence-corrected chi connectivity index (χ0v) is 10.4. The molecule has 1 amide bonds. The third-order valence-electron chi connectivity index (χ3n) is 2.66. The van der Waals surface area contributed by atoms with Crippen molar-refractivity contribution < 1.29 is 19.1 Å². The van der Waals surface area contributed by atoms with E-state index in [4.69, 9.17) is 5.11 Å². The monoisotopic (exact) mass is 277 g/mol. The van der Waals surface area contributed by atoms with Gasteiger partial charge in [0.15, 0.2) is 0 Å². The number of carboxylic acids is 1. The minimum atomic E-state index is -1.30. The Morgan fingerprint density at radius 3 is 2.85 bits per heavy atom. The molecule has 2 N–H and O–H groups in total. The van der Waals surface area contributed by atoms with Crippen LogP contribution in [-0.2, 0) is 11.3 Å². The molecule has 0 aliphatic carbocycles. The average Bonchev–Trinajstić information content (AvgIpc) is 2.91. The lowest BCUT2D eigenvalue weighted by Crippen LogP contribution is -2.17. The summed E-state index contributed by atoms with van der Waals surface area (Å²) < 4.78 is 15.3. The van der Waals surface area contributed by atoms with Crippen LogP contribution in [0.1, 0.15) is 16.8 Å². The number of nitrogens with zero attached hydrogens (tertiary/aromatic N) is 2. The SMILES string of the molecule is O=C(CCn1ccnc1)Nc1c(F)cccc1C(=O)O. The van der Waals surface area contributed by atoms with Crippen LogP contribution >= 0.6 is 0 Å². The van der Waals surface area contributed by atoms with Gasteiger partial charge in [0.05, 0.1) is 17.6 Å². The first kappa shape index (κ1) is 13.7. The van der Waals surface area contributed by atoms with E-state index in [0.717, 1.165) is 6.07 Å². The molecule has 0 aliphatic rings. The normalized spacial score (nSPS) is 10.2. The van der Waals surface area contributed by atoms with Crippen molar-refractivity contribution in [3.63, 3.8) is 0 Å². The number of benzene rings is 1. The summed E-state index contributed by atoms with van der Waals surface area (Å²) in [7, 11) is 0. The summed E-state index contributed by atoms with van der Waals surface area (Å²) in [5, 5.41) is 11.2. The average molecular weight is 277 g/mol. The number of carbonyl (C=O) groups is 2. The number of hydrogen-bond acceptors (Lipinski definition) is 3. The Morgan fingerprint density at radius 1 is 1.40 bits per heavy atom. The van der Waals surface area contributed by atoms with Crippen molar-refractivity contribution >= 4 is 17.6 Å². The molecule has 1 heterocycles. The fourth-order valence-corrected chi connectivity index (χ4v) is 1.68. The smallest absolute Gasteiger partial charge is 0.337 e. The van der Waals surface area contributed by atoms with E-state index in [1.54, 1.807) is 23.3 Å². The molecule has 0 saturated carbocycles. The van der Waals surface area contributed by atoms with Gasteiger partial charge in [-0.15, -0.1) is 0 Å². The van der Waals surface area contributed by atoms with Crippen LogP contribution in [0.25, 0.3) is 0 Å². The maximum absolute atomic E-state index is 13.6. The van der Waals surface area contributed by atoms with Gasteiger partial charge in [-0.2, -0.15) is 0 Å². The largest absolute Gasteiger partial charge is 0.478 e. The molecule has 0 unspecified atom stereocenters. The maximum Gasteiger partial charge on any atom is 0.337 e. The van der Waals surface area contributed by atoms with Crippen molar-refractivity contribution in [2.75, 3.05) is 5.32 Å². The molecular formula is C13H12FN3O3. The molecule has 0 aliphatic heterocycles. The highest BCUT2D eigenvalue weighted by molar-refractivity contribution is 6.00. The molecule has 1 aromatic heterocycles. The number of hydrogen-bond donors (Lipinski definition) is 2. The van der Waals surface area contributed by atoms with Crippen molar-refractivity contribution in [2.45, 2.75) is 13.0 Å². The first-order chi connectivity index (χ1) is 9.58. The van der Waals surface area contributed by atoms with Crippen LogP contribution in [-0.4, -0.2) is 26.5 Å². The Hall–Kier alpha value is -2.70. The number of nitrogens with one attached hydrogen (secondary N) is 1. The molecule has 0 saturated heterocycles. The lowest BCUT2D eigenvalue weighted by molar-refractivity contribution is -0.116. The summed E-state index contributed by atoms with van der Waals surface area (Å²) in [4.78, 5) is 26.5. The number of carbonyl (C=O) groups excluding carboxylic acids is 1. The molecule has 2 aromatic rings. The highest BCUT2D eigenvalue weighted by Gasteiger charge is 2.16. The number of anilines is 1. The first-order valence-electron chi connectivity index (χ1n) is 5.85. The molecule has 6 nitrogen and oxygen atoms in total. The molecule has 7 heteroatoms. The molecule has 0 bridgehead atoms. The highest BCUT2D eigenvalue weighted by Crippen LogP contribution is 2.20. The number of amides is 1. The summed E-state index contributed by atoms with van der Waals surface area (Å²) >= 11 is 0. The molecular weight excluding hydrogens is 265 g/mol. The summed E-state index contributed by atoms with van der Waals surface area (Å²) in [6.45, 7) is 0.378. The van der Waals surface area contributed by atoms with Crippen molar-refractivity contribution in [2.24, 2.45) is 0 Å². The number of aromatic nitrogens is 2. The maximum atomic E-state index is 13.6. The van der Waals surface area contributed by atoms with E-state index < -0.39 is 17.7 Å². The summed E-state index contributed by atoms with van der Waals surface area (Å²) in [6.07, 6.45) is 4.92. The molecule has 0 radical (unpaired) electrons. The van der Waals surface area contributed by atoms with Crippen LogP contribution in [0.5, 0.6) is 0 Å². The van der Waals surface area contributed by atoms with Crippen molar-refractivity contribution in [1.29, 1.82) is 0 Å². The van der Waals surface area contributed by atoms with Crippen LogP contribution < -0.4 is 5.32 Å². The Labute approximate surface area is 113 Å². The summed E-state index contributed by atoms with van der Waals surface area (Å²) in [5.74, 6) is -2.54. The van der Waals surface area contributed by atoms with Gasteiger partial charge < -0.3 is 15.0 Å². The van der Waals surface area contributed by atoms with E-state index in [-0.39, 0.29) is 17.7 Å². The van der Waals surface area contributed by atoms with Crippen LogP contribution in [0.15, 0.2) is 36.9 Å². The lowest BCUT2D eigenvalue weighted by atomic mass is 10.1. The Balaban J connectivity index is 2.06. The van der Waals surface area contributed by atoms with Crippen LogP contribution in [0.4, 0.5) is 10.1 Å². The number of carboxylic acid groups (broad SMARTS) is 1. The third kappa shape index (κ3) is 3.19. The van der Waals surface area contributed by atoms with Crippen LogP contribution in [0.3, 0.4) is 0 Å². The van der Waals surface area contributed by atoms with E-state index in [2.05, 4.69) is 10.3 Å². The topological polar surface area (TPSA) is 84.2 Å². The van der Waals surface area contributed by atoms with Gasteiger partial charge in [0.25, 0.3) is 0 Å². The number of rotatable bonds is 5. The fourth-order valence-electron chi connectivity index (χ4n) is 1.68. The Morgan fingerprint density at radius 2 is 2.20 bits per heavy atom. The number of imidazole rings is 1. The second-order valence-corrected chi connectivity index (χ2v) is 4.07. The molecule has 2 rings (SSSR count). The third-order valence-corrected chi connectivity index (χ3v) is 2.66. The predicted octanol–water partition coefficient (Wildman–Crippen LogP) is 1.75. The quantitative estimate of drug-likeness (QED) is 0.872. The van der Waals surface area contributed by atoms with Crippen molar-refractivity contribution in [3.8, 4) is 0 Å². The zero-order chi connectivity index (χ0) is 14.5. The number of aryl methyl sites for hydroxylation is 1. The van der Waals surface area contributed by atoms with E-state index in [1.165, 1.54) is 12.1 Å². The second kappa shape index (κ2) is 5.96. The zero-order valence-electron chi connectivity index (χ0n) is 10.4. The van der Waals surface area contributed by atoms with E-state index in [9.17, 15) is 14.0 Å². The molecule has 0 spiro atoms. The second-order valence-electron chi connectivity index (χ2n) is 4.07. The molecule has 104 valence electrons. The van der Waals surface area contributed by atoms with Crippen LogP contribution in [0, 0.1) is 5.82 Å². The fraction of sp³-hybridized carbons (Fsp3) is 0.154. The van der Waals surface area contributed by atoms with E-state index in [1.807, 2.05) is 0 Å². The van der Waals surface area contributed by atoms with Gasteiger partial charge in [-0.1, -0.05) is 6.07 Å². The Kier molecular flexibility index (Phi) is 4.09. The molecule has 20 heavy (non-hydrogen) atoms. The van der Waals surface area contributed by atoms with E-state index in [0.29, 0.717) is 6.54 Å². The Bertz CT molecular complexity index is 626. The van der Waals surface area contributed by atoms with Crippen molar-refractivity contribution in [1.82, 2.24) is 9.55 Å². The van der Waals surface area contributed by atoms with Gasteiger partial charge in [0.1, 0.15) is 5.82 Å².